The van der Waals surface area contributed by atoms with Crippen LogP contribution in [0.3, 0.4) is 0 Å². The first-order chi connectivity index (χ1) is 7.38. The fraction of sp³-hybridized carbons (Fsp3) is 0.364. The predicted molar refractivity (Wildman–Crippen MR) is 67.2 cm³/mol. The lowest BCUT2D eigenvalue weighted by Crippen LogP contribution is -2.32. The van der Waals surface area contributed by atoms with Crippen LogP contribution < -0.4 is 5.32 Å². The first-order valence-corrected chi connectivity index (χ1v) is 6.02. The number of alkyl halides is 1. The van der Waals surface area contributed by atoms with Crippen LogP contribution in [-0.4, -0.2) is 11.8 Å². The van der Waals surface area contributed by atoms with Crippen LogP contribution in [0.25, 0.3) is 0 Å². The maximum Gasteiger partial charge on any atom is 0.231 e. The summed E-state index contributed by atoms with van der Waals surface area (Å²) in [7, 11) is 0. The Kier molecular flexibility index (Phi) is 4.33. The Bertz CT molecular complexity index is 389. The van der Waals surface area contributed by atoms with Crippen molar-refractivity contribution in [1.29, 1.82) is 0 Å². The van der Waals surface area contributed by atoms with Crippen LogP contribution in [0.4, 0.5) is 10.1 Å². The first-order valence-electron chi connectivity index (χ1n) is 4.70. The van der Waals surface area contributed by atoms with Gasteiger partial charge < -0.3 is 5.32 Å². The zero-order chi connectivity index (χ0) is 12.3. The lowest BCUT2D eigenvalue weighted by atomic mass is 9.95. The Hall–Kier alpha value is -0.610. The maximum absolute atomic E-state index is 13.4. The van der Waals surface area contributed by atoms with E-state index in [9.17, 15) is 9.18 Å². The average molecular weight is 309 g/mol. The SMILES string of the molecule is CC(C)(CCl)C(=O)Nc1c(F)cccc1Br. The van der Waals surface area contributed by atoms with E-state index in [0.29, 0.717) is 4.47 Å². The molecular formula is C11H12BrClFNO. The second kappa shape index (κ2) is 5.15. The van der Waals surface area contributed by atoms with Gasteiger partial charge in [0.15, 0.2) is 0 Å². The van der Waals surface area contributed by atoms with Crippen LogP contribution >= 0.6 is 27.5 Å². The molecule has 0 atom stereocenters. The quantitative estimate of drug-likeness (QED) is 0.846. The Morgan fingerprint density at radius 3 is 2.69 bits per heavy atom. The third kappa shape index (κ3) is 2.95. The molecule has 0 aliphatic heterocycles. The molecule has 0 saturated carbocycles. The Morgan fingerprint density at radius 1 is 1.56 bits per heavy atom. The molecule has 0 unspecified atom stereocenters. The van der Waals surface area contributed by atoms with E-state index < -0.39 is 11.2 Å². The third-order valence-corrected chi connectivity index (χ3v) is 3.48. The van der Waals surface area contributed by atoms with Crippen molar-refractivity contribution >= 4 is 39.1 Å². The molecule has 1 amide bonds. The highest BCUT2D eigenvalue weighted by Crippen LogP contribution is 2.27. The second-order valence-electron chi connectivity index (χ2n) is 4.07. The van der Waals surface area contributed by atoms with Gasteiger partial charge in [-0.25, -0.2) is 4.39 Å². The van der Waals surface area contributed by atoms with Crippen molar-refractivity contribution in [1.82, 2.24) is 0 Å². The molecule has 1 rings (SSSR count). The molecule has 0 heterocycles. The van der Waals surface area contributed by atoms with Crippen molar-refractivity contribution in [3.63, 3.8) is 0 Å². The van der Waals surface area contributed by atoms with Crippen LogP contribution in [0.15, 0.2) is 22.7 Å². The first kappa shape index (κ1) is 13.5. The molecule has 0 aromatic heterocycles. The smallest absolute Gasteiger partial charge is 0.231 e. The van der Waals surface area contributed by atoms with Gasteiger partial charge >= 0.3 is 0 Å². The van der Waals surface area contributed by atoms with Crippen LogP contribution in [0, 0.1) is 11.2 Å². The van der Waals surface area contributed by atoms with E-state index in [0.717, 1.165) is 0 Å². The van der Waals surface area contributed by atoms with Crippen LogP contribution in [0.5, 0.6) is 0 Å². The summed E-state index contributed by atoms with van der Waals surface area (Å²) in [6.07, 6.45) is 0. The maximum atomic E-state index is 13.4. The number of rotatable bonds is 3. The molecule has 0 aliphatic rings. The van der Waals surface area contributed by atoms with Gasteiger partial charge in [-0.3, -0.25) is 4.79 Å². The topological polar surface area (TPSA) is 29.1 Å². The highest BCUT2D eigenvalue weighted by atomic mass is 79.9. The number of nitrogens with one attached hydrogen (secondary N) is 1. The van der Waals surface area contributed by atoms with E-state index in [4.69, 9.17) is 11.6 Å². The van der Waals surface area contributed by atoms with Gasteiger partial charge in [0.1, 0.15) is 5.82 Å². The van der Waals surface area contributed by atoms with Gasteiger partial charge in [0.05, 0.1) is 11.1 Å². The summed E-state index contributed by atoms with van der Waals surface area (Å²) in [4.78, 5) is 11.8. The van der Waals surface area contributed by atoms with Gasteiger partial charge in [0, 0.05) is 10.4 Å². The Labute approximate surface area is 107 Å². The monoisotopic (exact) mass is 307 g/mol. The van der Waals surface area contributed by atoms with Crippen LogP contribution in [-0.2, 0) is 4.79 Å². The third-order valence-electron chi connectivity index (χ3n) is 2.15. The van der Waals surface area contributed by atoms with Gasteiger partial charge in [-0.1, -0.05) is 6.07 Å². The number of carbonyl (C=O) groups excluding carboxylic acids is 1. The molecule has 0 radical (unpaired) electrons. The zero-order valence-electron chi connectivity index (χ0n) is 8.98. The van der Waals surface area contributed by atoms with Gasteiger partial charge in [0.25, 0.3) is 0 Å². The highest BCUT2D eigenvalue weighted by molar-refractivity contribution is 9.10. The zero-order valence-corrected chi connectivity index (χ0v) is 11.3. The largest absolute Gasteiger partial charge is 0.322 e. The molecule has 0 fully saturated rings. The molecule has 0 bridgehead atoms. The minimum atomic E-state index is -0.733. The van der Waals surface area contributed by atoms with Gasteiger partial charge in [-0.05, 0) is 41.9 Å². The lowest BCUT2D eigenvalue weighted by Gasteiger charge is -2.21. The van der Waals surface area contributed by atoms with E-state index in [1.165, 1.54) is 6.07 Å². The summed E-state index contributed by atoms with van der Waals surface area (Å²) in [5, 5.41) is 2.52. The van der Waals surface area contributed by atoms with Crippen molar-refractivity contribution in [3.8, 4) is 0 Å². The normalized spacial score (nSPS) is 11.3. The molecule has 5 heteroatoms. The molecule has 0 aliphatic carbocycles. The second-order valence-corrected chi connectivity index (χ2v) is 5.19. The van der Waals surface area contributed by atoms with Crippen LogP contribution in [0.2, 0.25) is 0 Å². The lowest BCUT2D eigenvalue weighted by molar-refractivity contribution is -0.123. The van der Waals surface area contributed by atoms with Gasteiger partial charge in [-0.15, -0.1) is 11.6 Å². The fourth-order valence-electron chi connectivity index (χ4n) is 0.961. The van der Waals surface area contributed by atoms with Crippen molar-refractivity contribution in [3.05, 3.63) is 28.5 Å². The average Bonchev–Trinajstić information content (AvgIpc) is 2.23. The Balaban J connectivity index is 2.94. The highest BCUT2D eigenvalue weighted by Gasteiger charge is 2.27. The predicted octanol–water partition coefficient (Wildman–Crippen LogP) is 3.79. The van der Waals surface area contributed by atoms with Crippen molar-refractivity contribution in [2.24, 2.45) is 5.41 Å². The fourth-order valence-corrected chi connectivity index (χ4v) is 1.52. The molecule has 0 saturated heterocycles. The number of benzene rings is 1. The summed E-state index contributed by atoms with van der Waals surface area (Å²) in [6, 6.07) is 4.50. The molecule has 88 valence electrons. The van der Waals surface area contributed by atoms with E-state index in [-0.39, 0.29) is 17.5 Å². The number of hydrogen-bond acceptors (Lipinski definition) is 1. The number of amides is 1. The summed E-state index contributed by atoms with van der Waals surface area (Å²) in [5.41, 5.74) is -0.589. The van der Waals surface area contributed by atoms with Crippen molar-refractivity contribution < 1.29 is 9.18 Å². The van der Waals surface area contributed by atoms with E-state index >= 15 is 0 Å². The number of anilines is 1. The number of halogens is 3. The summed E-state index contributed by atoms with van der Waals surface area (Å²) < 4.78 is 13.9. The molecular weight excluding hydrogens is 296 g/mol. The van der Waals surface area contributed by atoms with E-state index in [2.05, 4.69) is 21.2 Å². The molecule has 1 N–H and O–H groups in total. The molecule has 0 spiro atoms. The van der Waals surface area contributed by atoms with Gasteiger partial charge in [-0.2, -0.15) is 0 Å². The molecule has 1 aromatic rings. The van der Waals surface area contributed by atoms with Crippen LogP contribution in [0.1, 0.15) is 13.8 Å². The molecule has 16 heavy (non-hydrogen) atoms. The van der Waals surface area contributed by atoms with E-state index in [1.54, 1.807) is 26.0 Å². The number of hydrogen-bond donors (Lipinski definition) is 1. The minimum Gasteiger partial charge on any atom is -0.322 e. The van der Waals surface area contributed by atoms with E-state index in [1.807, 2.05) is 0 Å². The number of carbonyl (C=O) groups is 1. The summed E-state index contributed by atoms with van der Waals surface area (Å²) in [6.45, 7) is 3.40. The van der Waals surface area contributed by atoms with Crippen molar-refractivity contribution in [2.75, 3.05) is 11.2 Å². The van der Waals surface area contributed by atoms with Gasteiger partial charge in [0.2, 0.25) is 5.91 Å². The minimum absolute atomic E-state index is 0.144. The van der Waals surface area contributed by atoms with Crippen molar-refractivity contribution in [2.45, 2.75) is 13.8 Å². The summed E-state index contributed by atoms with van der Waals surface area (Å²) >= 11 is 8.84. The molecule has 2 nitrogen and oxygen atoms in total. The number of para-hydroxylation sites is 1. The summed E-state index contributed by atoms with van der Waals surface area (Å²) in [5.74, 6) is -0.619. The standard InChI is InChI=1S/C11H12BrClFNO/c1-11(2,6-13)10(16)15-9-7(12)4-3-5-8(9)14/h3-5H,6H2,1-2H3,(H,15,16). The molecule has 1 aromatic carbocycles. The Morgan fingerprint density at radius 2 is 2.19 bits per heavy atom.